The highest BCUT2D eigenvalue weighted by atomic mass is 16.5. The Kier molecular flexibility index (Phi) is 4.70. The maximum absolute atomic E-state index is 12.3. The summed E-state index contributed by atoms with van der Waals surface area (Å²) in [5.41, 5.74) is 2.38. The van der Waals surface area contributed by atoms with Gasteiger partial charge in [-0.15, -0.1) is 0 Å². The molecule has 0 radical (unpaired) electrons. The fourth-order valence-corrected chi connectivity index (χ4v) is 3.16. The smallest absolute Gasteiger partial charge is 0.313 e. The third-order valence-corrected chi connectivity index (χ3v) is 4.82. The zero-order chi connectivity index (χ0) is 18.0. The lowest BCUT2D eigenvalue weighted by Crippen LogP contribution is -2.34. The molecule has 1 aliphatic rings. The lowest BCUT2D eigenvalue weighted by atomic mass is 9.90. The lowest BCUT2D eigenvalue weighted by molar-refractivity contribution is -0.153. The highest BCUT2D eigenvalue weighted by molar-refractivity contribution is 5.78. The number of carbonyl (C=O) groups is 1. The maximum Gasteiger partial charge on any atom is 0.313 e. The molecule has 1 saturated heterocycles. The Morgan fingerprint density at radius 1 is 1.36 bits per heavy atom. The summed E-state index contributed by atoms with van der Waals surface area (Å²) >= 11 is 0. The summed E-state index contributed by atoms with van der Waals surface area (Å²) in [7, 11) is 0. The van der Waals surface area contributed by atoms with Crippen LogP contribution in [0, 0.1) is 19.3 Å². The number of nitrogens with zero attached hydrogens (tertiary/aromatic N) is 4. The van der Waals surface area contributed by atoms with Crippen molar-refractivity contribution in [1.82, 2.24) is 15.0 Å². The number of esters is 1. The first-order valence-electron chi connectivity index (χ1n) is 8.62. The predicted octanol–water partition coefficient (Wildman–Crippen LogP) is 2.93. The molecule has 6 heteroatoms. The van der Waals surface area contributed by atoms with Gasteiger partial charge in [-0.25, -0.2) is 9.97 Å². The van der Waals surface area contributed by atoms with E-state index in [0.717, 1.165) is 35.6 Å². The van der Waals surface area contributed by atoms with Crippen LogP contribution < -0.4 is 4.90 Å². The minimum Gasteiger partial charge on any atom is -0.466 e. The molecular formula is C19H24N4O2. The summed E-state index contributed by atoms with van der Waals surface area (Å²) in [5.74, 6) is 1.42. The van der Waals surface area contributed by atoms with Crippen LogP contribution in [0.25, 0.3) is 11.4 Å². The first-order chi connectivity index (χ1) is 11.9. The zero-order valence-electron chi connectivity index (χ0n) is 15.2. The van der Waals surface area contributed by atoms with Crippen LogP contribution in [0.5, 0.6) is 0 Å². The van der Waals surface area contributed by atoms with Crippen LogP contribution in [-0.4, -0.2) is 40.6 Å². The number of pyridine rings is 1. The van der Waals surface area contributed by atoms with E-state index in [-0.39, 0.29) is 5.97 Å². The summed E-state index contributed by atoms with van der Waals surface area (Å²) in [5, 5.41) is 0. The van der Waals surface area contributed by atoms with E-state index in [0.29, 0.717) is 19.0 Å². The predicted molar refractivity (Wildman–Crippen MR) is 96.3 cm³/mol. The van der Waals surface area contributed by atoms with Crippen LogP contribution in [0.15, 0.2) is 24.5 Å². The molecule has 132 valence electrons. The van der Waals surface area contributed by atoms with Crippen LogP contribution in [0.4, 0.5) is 5.82 Å². The van der Waals surface area contributed by atoms with E-state index < -0.39 is 5.41 Å². The van der Waals surface area contributed by atoms with E-state index in [1.165, 1.54) is 0 Å². The Bertz CT molecular complexity index is 778. The van der Waals surface area contributed by atoms with Gasteiger partial charge >= 0.3 is 5.97 Å². The standard InChI is InChI=1S/C19H24N4O2/c1-5-25-18(24)19(4)8-10-23(12-19)17-13(2)14(3)21-16(22-17)15-7-6-9-20-11-15/h6-7,9,11H,5,8,10,12H2,1-4H3. The Morgan fingerprint density at radius 3 is 2.84 bits per heavy atom. The Morgan fingerprint density at radius 2 is 2.16 bits per heavy atom. The van der Waals surface area contributed by atoms with Gasteiger partial charge in [-0.05, 0) is 46.2 Å². The van der Waals surface area contributed by atoms with Gasteiger partial charge in [0.1, 0.15) is 5.82 Å². The van der Waals surface area contributed by atoms with Gasteiger partial charge in [-0.2, -0.15) is 0 Å². The lowest BCUT2D eigenvalue weighted by Gasteiger charge is -2.24. The minimum atomic E-state index is -0.490. The number of aromatic nitrogens is 3. The Labute approximate surface area is 148 Å². The third kappa shape index (κ3) is 3.34. The summed E-state index contributed by atoms with van der Waals surface area (Å²) in [4.78, 5) is 28.0. The van der Waals surface area contributed by atoms with E-state index in [4.69, 9.17) is 9.72 Å². The second kappa shape index (κ2) is 6.78. The molecule has 2 aromatic rings. The normalized spacial score (nSPS) is 19.9. The molecule has 1 aliphatic heterocycles. The van der Waals surface area contributed by atoms with Gasteiger partial charge in [0, 0.05) is 42.3 Å². The molecule has 3 rings (SSSR count). The summed E-state index contributed by atoms with van der Waals surface area (Å²) in [6.07, 6.45) is 4.26. The molecule has 0 amide bonds. The van der Waals surface area contributed by atoms with Gasteiger partial charge in [0.15, 0.2) is 5.82 Å². The number of carbonyl (C=O) groups excluding carboxylic acids is 1. The van der Waals surface area contributed by atoms with E-state index in [2.05, 4.69) is 14.9 Å². The Hall–Kier alpha value is -2.50. The fraction of sp³-hybridized carbons (Fsp3) is 0.474. The number of ether oxygens (including phenoxy) is 1. The highest BCUT2D eigenvalue weighted by Gasteiger charge is 2.42. The quantitative estimate of drug-likeness (QED) is 0.797. The molecule has 0 spiro atoms. The topological polar surface area (TPSA) is 68.2 Å². The first kappa shape index (κ1) is 17.3. The molecule has 0 saturated carbocycles. The summed E-state index contributed by atoms with van der Waals surface area (Å²) < 4.78 is 5.25. The largest absolute Gasteiger partial charge is 0.466 e. The third-order valence-electron chi connectivity index (χ3n) is 4.82. The number of hydrogen-bond acceptors (Lipinski definition) is 6. The van der Waals surface area contributed by atoms with Crippen LogP contribution >= 0.6 is 0 Å². The molecule has 3 heterocycles. The van der Waals surface area contributed by atoms with Gasteiger partial charge in [0.05, 0.1) is 12.0 Å². The van der Waals surface area contributed by atoms with Crippen molar-refractivity contribution in [2.75, 3.05) is 24.6 Å². The van der Waals surface area contributed by atoms with E-state index in [1.807, 2.05) is 39.8 Å². The van der Waals surface area contributed by atoms with E-state index in [1.54, 1.807) is 12.4 Å². The van der Waals surface area contributed by atoms with Gasteiger partial charge in [0.25, 0.3) is 0 Å². The van der Waals surface area contributed by atoms with Crippen LogP contribution in [0.3, 0.4) is 0 Å². The molecule has 0 N–H and O–H groups in total. The van der Waals surface area contributed by atoms with Gasteiger partial charge < -0.3 is 9.64 Å². The molecule has 0 aliphatic carbocycles. The average molecular weight is 340 g/mol. The zero-order valence-corrected chi connectivity index (χ0v) is 15.2. The van der Waals surface area contributed by atoms with Crippen molar-refractivity contribution in [2.24, 2.45) is 5.41 Å². The van der Waals surface area contributed by atoms with E-state index in [9.17, 15) is 4.79 Å². The van der Waals surface area contributed by atoms with Gasteiger partial charge in [0.2, 0.25) is 0 Å². The summed E-state index contributed by atoms with van der Waals surface area (Å²) in [6, 6.07) is 3.83. The van der Waals surface area contributed by atoms with Crippen molar-refractivity contribution in [3.63, 3.8) is 0 Å². The fourth-order valence-electron chi connectivity index (χ4n) is 3.16. The highest BCUT2D eigenvalue weighted by Crippen LogP contribution is 2.35. The van der Waals surface area contributed by atoms with Crippen molar-refractivity contribution >= 4 is 11.8 Å². The van der Waals surface area contributed by atoms with Crippen molar-refractivity contribution in [1.29, 1.82) is 0 Å². The molecule has 1 unspecified atom stereocenters. The van der Waals surface area contributed by atoms with Crippen LogP contribution in [0.2, 0.25) is 0 Å². The molecule has 0 bridgehead atoms. The molecule has 1 fully saturated rings. The number of rotatable bonds is 4. The molecule has 2 aromatic heterocycles. The first-order valence-corrected chi connectivity index (χ1v) is 8.62. The van der Waals surface area contributed by atoms with Crippen LogP contribution in [-0.2, 0) is 9.53 Å². The SMILES string of the molecule is CCOC(=O)C1(C)CCN(c2nc(-c3cccnc3)nc(C)c2C)C1. The molecular weight excluding hydrogens is 316 g/mol. The average Bonchev–Trinajstić information content (AvgIpc) is 3.02. The van der Waals surface area contributed by atoms with Crippen molar-refractivity contribution < 1.29 is 9.53 Å². The monoisotopic (exact) mass is 340 g/mol. The summed E-state index contributed by atoms with van der Waals surface area (Å²) in [6.45, 7) is 9.61. The molecule has 25 heavy (non-hydrogen) atoms. The van der Waals surface area contributed by atoms with Crippen LogP contribution in [0.1, 0.15) is 31.5 Å². The molecule has 1 atom stereocenters. The second-order valence-corrected chi connectivity index (χ2v) is 6.78. The van der Waals surface area contributed by atoms with Crippen molar-refractivity contribution in [3.8, 4) is 11.4 Å². The van der Waals surface area contributed by atoms with Gasteiger partial charge in [-0.3, -0.25) is 9.78 Å². The number of anilines is 1. The van der Waals surface area contributed by atoms with Gasteiger partial charge in [-0.1, -0.05) is 0 Å². The number of aryl methyl sites for hydroxylation is 1. The molecule has 0 aromatic carbocycles. The second-order valence-electron chi connectivity index (χ2n) is 6.78. The maximum atomic E-state index is 12.3. The Balaban J connectivity index is 1.93. The molecule has 6 nitrogen and oxygen atoms in total. The minimum absolute atomic E-state index is 0.131. The number of hydrogen-bond donors (Lipinski definition) is 0. The van der Waals surface area contributed by atoms with Crippen molar-refractivity contribution in [2.45, 2.75) is 34.1 Å². The van der Waals surface area contributed by atoms with Crippen molar-refractivity contribution in [3.05, 3.63) is 35.8 Å². The van der Waals surface area contributed by atoms with E-state index >= 15 is 0 Å².